The summed E-state index contributed by atoms with van der Waals surface area (Å²) in [5, 5.41) is 0. The number of carbonyl (C=O) groups is 2. The van der Waals surface area contributed by atoms with Crippen LogP contribution in [0.25, 0.3) is 11.1 Å². The van der Waals surface area contributed by atoms with Gasteiger partial charge in [0.15, 0.2) is 0 Å². The summed E-state index contributed by atoms with van der Waals surface area (Å²) in [4.78, 5) is 43.9. The molecule has 1 saturated heterocycles. The number of rotatable bonds is 5. The van der Waals surface area contributed by atoms with Crippen LogP contribution >= 0.6 is 0 Å². The first-order chi connectivity index (χ1) is 22.0. The molecule has 0 spiro atoms. The van der Waals surface area contributed by atoms with E-state index in [-0.39, 0.29) is 11.8 Å². The second kappa shape index (κ2) is 14.3. The Balaban J connectivity index is 1.15. The van der Waals surface area contributed by atoms with Crippen molar-refractivity contribution >= 4 is 17.6 Å². The molecule has 0 unspecified atom stereocenters. The Labute approximate surface area is 265 Å². The maximum atomic E-state index is 13.6. The quantitative estimate of drug-likeness (QED) is 0.337. The highest BCUT2D eigenvalue weighted by Gasteiger charge is 2.22. The first kappa shape index (κ1) is 30.3. The van der Waals surface area contributed by atoms with E-state index in [1.54, 1.807) is 18.1 Å². The number of piperazine rings is 1. The van der Waals surface area contributed by atoms with Gasteiger partial charge in [0, 0.05) is 95.4 Å². The minimum Gasteiger partial charge on any atom is -0.491 e. The van der Waals surface area contributed by atoms with Gasteiger partial charge in [-0.05, 0) is 59.2 Å². The lowest BCUT2D eigenvalue weighted by molar-refractivity contribution is -0.132. The molecule has 4 aromatic rings. The Morgan fingerprint density at radius 1 is 0.822 bits per heavy atom. The van der Waals surface area contributed by atoms with Crippen molar-refractivity contribution in [2.24, 2.45) is 0 Å². The number of ether oxygens (including phenoxy) is 1. The zero-order valence-electron chi connectivity index (χ0n) is 25.8. The smallest absolute Gasteiger partial charge is 0.253 e. The summed E-state index contributed by atoms with van der Waals surface area (Å²) in [6.07, 6.45) is 6.48. The van der Waals surface area contributed by atoms with Gasteiger partial charge in [-0.2, -0.15) is 0 Å². The molecule has 6 rings (SSSR count). The van der Waals surface area contributed by atoms with Crippen LogP contribution in [0.15, 0.2) is 91.4 Å². The topological polar surface area (TPSA) is 82.1 Å². The molecule has 1 fully saturated rings. The molecule has 0 N–H and O–H groups in total. The van der Waals surface area contributed by atoms with Crippen LogP contribution in [0.4, 0.5) is 5.82 Å². The van der Waals surface area contributed by atoms with Gasteiger partial charge in [0.25, 0.3) is 5.91 Å². The average Bonchev–Trinajstić information content (AvgIpc) is 3.09. The summed E-state index contributed by atoms with van der Waals surface area (Å²) in [6.45, 7) is 5.97. The van der Waals surface area contributed by atoms with Crippen LogP contribution in [0.1, 0.15) is 27.9 Å². The standard InChI is InChI=1S/C36H40N6O3/c1-39-16-19-42(35(43)12-15-40-17-20-41(21-18-40)34-9-2-3-14-38-34)22-23-45-33-11-10-29(31-8-5-13-37-27-31)26-32(33)25-28-6-4-7-30(24-28)36(39)44/h2-11,13-14,24,26-27H,12,15-23,25H2,1H3. The number of anilines is 1. The molecule has 232 valence electrons. The van der Waals surface area contributed by atoms with Crippen molar-refractivity contribution in [3.05, 3.63) is 108 Å². The Morgan fingerprint density at radius 2 is 1.69 bits per heavy atom. The summed E-state index contributed by atoms with van der Waals surface area (Å²) in [5.74, 6) is 1.81. The predicted octanol–water partition coefficient (Wildman–Crippen LogP) is 4.24. The minimum absolute atomic E-state index is 0.0485. The summed E-state index contributed by atoms with van der Waals surface area (Å²) in [6, 6.07) is 23.9. The lowest BCUT2D eigenvalue weighted by Gasteiger charge is -2.35. The van der Waals surface area contributed by atoms with Crippen molar-refractivity contribution < 1.29 is 14.3 Å². The van der Waals surface area contributed by atoms with Crippen LogP contribution in [0, 0.1) is 0 Å². The Hall–Kier alpha value is -4.76. The molecule has 0 radical (unpaired) electrons. The van der Waals surface area contributed by atoms with Crippen molar-refractivity contribution in [1.29, 1.82) is 0 Å². The lowest BCUT2D eigenvalue weighted by atomic mass is 9.98. The maximum absolute atomic E-state index is 13.6. The number of carbonyl (C=O) groups excluding carboxylic acids is 2. The SMILES string of the molecule is CN1CCN(C(=O)CCN2CCN(c3ccccn3)CC2)CCOc2ccc(-c3cccnc3)cc2Cc2cccc(c2)C1=O. The van der Waals surface area contributed by atoms with Crippen molar-refractivity contribution in [2.75, 3.05) is 70.9 Å². The van der Waals surface area contributed by atoms with Crippen molar-refractivity contribution in [3.63, 3.8) is 0 Å². The first-order valence-electron chi connectivity index (χ1n) is 15.7. The normalized spacial score (nSPS) is 16.5. The zero-order valence-corrected chi connectivity index (χ0v) is 25.8. The second-order valence-electron chi connectivity index (χ2n) is 11.7. The largest absolute Gasteiger partial charge is 0.491 e. The van der Waals surface area contributed by atoms with E-state index < -0.39 is 0 Å². The number of amides is 2. The molecule has 9 heteroatoms. The molecule has 2 aromatic carbocycles. The van der Waals surface area contributed by atoms with Crippen LogP contribution in [0.3, 0.4) is 0 Å². The van der Waals surface area contributed by atoms with Gasteiger partial charge in [0.05, 0.1) is 6.54 Å². The van der Waals surface area contributed by atoms with Crippen molar-refractivity contribution in [1.82, 2.24) is 24.7 Å². The molecule has 0 saturated carbocycles. The monoisotopic (exact) mass is 604 g/mol. The fourth-order valence-electron chi connectivity index (χ4n) is 5.98. The number of hydrogen-bond donors (Lipinski definition) is 0. The number of benzene rings is 2. The predicted molar refractivity (Wildman–Crippen MR) is 175 cm³/mol. The van der Waals surface area contributed by atoms with E-state index in [0.717, 1.165) is 60.0 Å². The van der Waals surface area contributed by atoms with E-state index in [1.165, 1.54) is 0 Å². The molecule has 2 amide bonds. The van der Waals surface area contributed by atoms with Crippen LogP contribution in [-0.4, -0.2) is 102 Å². The number of aromatic nitrogens is 2. The number of likely N-dealkylation sites (N-methyl/N-ethyl adjacent to an activating group) is 1. The van der Waals surface area contributed by atoms with Crippen LogP contribution in [-0.2, 0) is 11.2 Å². The van der Waals surface area contributed by atoms with E-state index in [1.807, 2.05) is 84.0 Å². The van der Waals surface area contributed by atoms with Gasteiger partial charge in [0.1, 0.15) is 18.2 Å². The van der Waals surface area contributed by atoms with Gasteiger partial charge in [-0.15, -0.1) is 0 Å². The number of hydrogen-bond acceptors (Lipinski definition) is 7. The third-order valence-electron chi connectivity index (χ3n) is 8.63. The average molecular weight is 605 g/mol. The van der Waals surface area contributed by atoms with Gasteiger partial charge in [-0.25, -0.2) is 4.98 Å². The van der Waals surface area contributed by atoms with Gasteiger partial charge < -0.3 is 19.4 Å². The molecule has 2 aliphatic rings. The number of pyridine rings is 2. The second-order valence-corrected chi connectivity index (χ2v) is 11.7. The summed E-state index contributed by atoms with van der Waals surface area (Å²) in [5.41, 5.74) is 4.78. The van der Waals surface area contributed by atoms with E-state index in [4.69, 9.17) is 4.74 Å². The molecule has 0 atom stereocenters. The fraction of sp³-hybridized carbons (Fsp3) is 0.333. The highest BCUT2D eigenvalue weighted by Crippen LogP contribution is 2.29. The Bertz CT molecular complexity index is 1590. The summed E-state index contributed by atoms with van der Waals surface area (Å²) < 4.78 is 6.36. The van der Waals surface area contributed by atoms with Crippen LogP contribution in [0.2, 0.25) is 0 Å². The summed E-state index contributed by atoms with van der Waals surface area (Å²) in [7, 11) is 1.80. The van der Waals surface area contributed by atoms with Gasteiger partial charge >= 0.3 is 0 Å². The number of fused-ring (bicyclic) bond motifs is 3. The van der Waals surface area contributed by atoms with E-state index >= 15 is 0 Å². The number of nitrogens with zero attached hydrogens (tertiary/aromatic N) is 6. The molecule has 2 bridgehead atoms. The van der Waals surface area contributed by atoms with Crippen molar-refractivity contribution in [2.45, 2.75) is 12.8 Å². The molecule has 0 aliphatic carbocycles. The fourth-order valence-corrected chi connectivity index (χ4v) is 5.98. The molecule has 4 heterocycles. The van der Waals surface area contributed by atoms with E-state index in [9.17, 15) is 9.59 Å². The third kappa shape index (κ3) is 7.67. The van der Waals surface area contributed by atoms with Gasteiger partial charge in [0.2, 0.25) is 5.91 Å². The van der Waals surface area contributed by atoms with E-state index in [2.05, 4.69) is 25.8 Å². The third-order valence-corrected chi connectivity index (χ3v) is 8.63. The minimum atomic E-state index is -0.0485. The van der Waals surface area contributed by atoms with E-state index in [0.29, 0.717) is 51.2 Å². The van der Waals surface area contributed by atoms with Gasteiger partial charge in [-0.1, -0.05) is 30.3 Å². The molecular weight excluding hydrogens is 564 g/mol. The molecule has 2 aromatic heterocycles. The molecular formula is C36H40N6O3. The lowest BCUT2D eigenvalue weighted by Crippen LogP contribution is -2.48. The maximum Gasteiger partial charge on any atom is 0.253 e. The highest BCUT2D eigenvalue weighted by atomic mass is 16.5. The molecule has 2 aliphatic heterocycles. The van der Waals surface area contributed by atoms with Crippen LogP contribution < -0.4 is 9.64 Å². The van der Waals surface area contributed by atoms with Gasteiger partial charge in [-0.3, -0.25) is 19.5 Å². The highest BCUT2D eigenvalue weighted by molar-refractivity contribution is 5.94. The summed E-state index contributed by atoms with van der Waals surface area (Å²) >= 11 is 0. The zero-order chi connectivity index (χ0) is 31.0. The van der Waals surface area contributed by atoms with Crippen molar-refractivity contribution in [3.8, 4) is 16.9 Å². The molecule has 9 nitrogen and oxygen atoms in total. The van der Waals surface area contributed by atoms with Crippen LogP contribution in [0.5, 0.6) is 5.75 Å². The molecule has 45 heavy (non-hydrogen) atoms. The Kier molecular flexibility index (Phi) is 9.65. The Morgan fingerprint density at radius 3 is 2.49 bits per heavy atom. The first-order valence-corrected chi connectivity index (χ1v) is 15.7.